The highest BCUT2D eigenvalue weighted by Gasteiger charge is 2.65. The van der Waals surface area contributed by atoms with Crippen LogP contribution in [0.15, 0.2) is 66.7 Å². The average Bonchev–Trinajstić information content (AvgIpc) is 3.30. The maximum Gasteiger partial charge on any atom is 0.269 e. The van der Waals surface area contributed by atoms with E-state index in [4.69, 9.17) is 23.2 Å². The molecule has 0 aromatic heterocycles. The Labute approximate surface area is 219 Å². The molecular formula is C28H24Cl2N2O2S. The molecular weight excluding hydrogens is 499 g/mol. The molecule has 4 nitrogen and oxygen atoms in total. The quantitative estimate of drug-likeness (QED) is 0.373. The predicted octanol–water partition coefficient (Wildman–Crippen LogP) is 6.76. The van der Waals surface area contributed by atoms with Gasteiger partial charge in [-0.3, -0.25) is 14.5 Å². The molecule has 0 saturated carbocycles. The minimum absolute atomic E-state index is 0.0815. The summed E-state index contributed by atoms with van der Waals surface area (Å²) in [4.78, 5) is 30.2. The van der Waals surface area contributed by atoms with Gasteiger partial charge >= 0.3 is 0 Å². The summed E-state index contributed by atoms with van der Waals surface area (Å²) in [6, 6.07) is 21.7. The van der Waals surface area contributed by atoms with Crippen molar-refractivity contribution >= 4 is 58.2 Å². The number of thioether (sulfide) groups is 1. The third-order valence-corrected chi connectivity index (χ3v) is 9.77. The van der Waals surface area contributed by atoms with Crippen LogP contribution in [0.5, 0.6) is 0 Å². The molecule has 3 aliphatic heterocycles. The van der Waals surface area contributed by atoms with Gasteiger partial charge in [0.15, 0.2) is 0 Å². The first-order chi connectivity index (χ1) is 16.6. The molecule has 0 unspecified atom stereocenters. The molecule has 3 aromatic carbocycles. The predicted molar refractivity (Wildman–Crippen MR) is 144 cm³/mol. The number of hydrogen-bond donors (Lipinski definition) is 0. The number of amides is 2. The van der Waals surface area contributed by atoms with Crippen molar-refractivity contribution in [3.8, 4) is 0 Å². The third kappa shape index (κ3) is 2.95. The van der Waals surface area contributed by atoms with Crippen LogP contribution in [-0.2, 0) is 19.9 Å². The molecule has 1 fully saturated rings. The second kappa shape index (κ2) is 7.52. The van der Waals surface area contributed by atoms with E-state index in [-0.39, 0.29) is 23.0 Å². The van der Waals surface area contributed by atoms with Crippen molar-refractivity contribution in [1.29, 1.82) is 0 Å². The number of carbonyl (C=O) groups is 2. The molecule has 2 atom stereocenters. The van der Waals surface area contributed by atoms with Gasteiger partial charge in [0, 0.05) is 22.2 Å². The summed E-state index contributed by atoms with van der Waals surface area (Å²) in [5, 5.41) is 0.755. The van der Waals surface area contributed by atoms with E-state index in [9.17, 15) is 9.59 Å². The van der Waals surface area contributed by atoms with Gasteiger partial charge < -0.3 is 4.90 Å². The average molecular weight is 523 g/mol. The number of halogens is 2. The Morgan fingerprint density at radius 1 is 0.829 bits per heavy atom. The van der Waals surface area contributed by atoms with Crippen molar-refractivity contribution in [2.75, 3.05) is 15.6 Å². The molecule has 7 heteroatoms. The molecule has 0 radical (unpaired) electrons. The molecule has 35 heavy (non-hydrogen) atoms. The normalized spacial score (nSPS) is 26.5. The summed E-state index contributed by atoms with van der Waals surface area (Å²) in [7, 11) is 0. The summed E-state index contributed by atoms with van der Waals surface area (Å²) in [6.45, 7) is 6.50. The van der Waals surface area contributed by atoms with Gasteiger partial charge in [0.2, 0.25) is 10.8 Å². The first kappa shape index (κ1) is 23.0. The van der Waals surface area contributed by atoms with E-state index >= 15 is 0 Å². The standard InChI is InChI=1S/C28H24Cl2N2O2S/c1-26(2)16-27(3,17-8-5-4-6-9-17)19-10-7-11-20-24(19)32(26)25(34)28(20)31(23(33)15-35-28)18-12-13-21(29)22(30)14-18/h4-14H,15-16H2,1-3H3/t27-,28+/m1/s1. The van der Waals surface area contributed by atoms with Crippen molar-refractivity contribution < 1.29 is 9.59 Å². The Balaban J connectivity index is 1.63. The van der Waals surface area contributed by atoms with E-state index in [1.807, 2.05) is 23.1 Å². The van der Waals surface area contributed by atoms with Crippen molar-refractivity contribution in [3.63, 3.8) is 0 Å². The molecule has 2 amide bonds. The summed E-state index contributed by atoms with van der Waals surface area (Å²) in [6.07, 6.45) is 0.758. The van der Waals surface area contributed by atoms with Gasteiger partial charge in [-0.1, -0.05) is 78.7 Å². The van der Waals surface area contributed by atoms with Crippen LogP contribution in [0.4, 0.5) is 11.4 Å². The fourth-order valence-corrected chi connectivity index (χ4v) is 7.95. The molecule has 1 saturated heterocycles. The fraction of sp³-hybridized carbons (Fsp3) is 0.286. The number of anilines is 2. The lowest BCUT2D eigenvalue weighted by Crippen LogP contribution is -2.58. The molecule has 6 rings (SSSR count). The maximum absolute atomic E-state index is 14.5. The number of nitrogens with zero attached hydrogens (tertiary/aromatic N) is 2. The highest BCUT2D eigenvalue weighted by molar-refractivity contribution is 8.02. The largest absolute Gasteiger partial charge is 0.303 e. The van der Waals surface area contributed by atoms with Crippen LogP contribution in [0.2, 0.25) is 10.0 Å². The van der Waals surface area contributed by atoms with Crippen LogP contribution < -0.4 is 9.80 Å². The number of para-hydroxylation sites is 1. The minimum atomic E-state index is -1.18. The van der Waals surface area contributed by atoms with Crippen molar-refractivity contribution in [1.82, 2.24) is 0 Å². The van der Waals surface area contributed by atoms with Crippen molar-refractivity contribution in [3.05, 3.63) is 93.5 Å². The third-order valence-electron chi connectivity index (χ3n) is 7.64. The van der Waals surface area contributed by atoms with E-state index in [1.54, 1.807) is 23.1 Å². The van der Waals surface area contributed by atoms with E-state index in [1.165, 1.54) is 17.3 Å². The number of rotatable bonds is 2. The lowest BCUT2D eigenvalue weighted by Gasteiger charge is -2.50. The van der Waals surface area contributed by atoms with Crippen LogP contribution in [0.3, 0.4) is 0 Å². The Bertz CT molecular complexity index is 1410. The van der Waals surface area contributed by atoms with Gasteiger partial charge in [-0.25, -0.2) is 0 Å². The van der Waals surface area contributed by atoms with Gasteiger partial charge in [-0.2, -0.15) is 0 Å². The maximum atomic E-state index is 14.5. The van der Waals surface area contributed by atoms with Crippen LogP contribution in [0, 0.1) is 0 Å². The number of carbonyl (C=O) groups excluding carboxylic acids is 2. The SMILES string of the molecule is CC1(C)C[C@](C)(c2ccccc2)c2cccc3c2N1C(=O)[C@@]31SCC(=O)N1c1ccc(Cl)c(Cl)c1. The number of fused-ring (bicyclic) bond motifs is 1. The van der Waals surface area contributed by atoms with Gasteiger partial charge in [-0.15, -0.1) is 11.8 Å². The zero-order valence-corrected chi connectivity index (χ0v) is 22.0. The topological polar surface area (TPSA) is 40.6 Å². The lowest BCUT2D eigenvalue weighted by molar-refractivity contribution is -0.124. The second-order valence-electron chi connectivity index (χ2n) is 10.3. The van der Waals surface area contributed by atoms with Crippen LogP contribution in [-0.4, -0.2) is 23.1 Å². The van der Waals surface area contributed by atoms with Gasteiger partial charge in [0.05, 0.1) is 21.5 Å². The van der Waals surface area contributed by atoms with Crippen LogP contribution in [0.1, 0.15) is 43.9 Å². The van der Waals surface area contributed by atoms with Crippen molar-refractivity contribution in [2.45, 2.75) is 43.0 Å². The molecule has 3 aromatic rings. The highest BCUT2D eigenvalue weighted by Crippen LogP contribution is 2.63. The second-order valence-corrected chi connectivity index (χ2v) is 12.3. The fourth-order valence-electron chi connectivity index (χ4n) is 6.33. The molecule has 0 bridgehead atoms. The molecule has 0 N–H and O–H groups in total. The molecule has 0 aliphatic carbocycles. The van der Waals surface area contributed by atoms with Gasteiger partial charge in [-0.05, 0) is 49.6 Å². The number of hydrogen-bond acceptors (Lipinski definition) is 3. The number of benzene rings is 3. The van der Waals surface area contributed by atoms with E-state index in [0.29, 0.717) is 15.7 Å². The minimum Gasteiger partial charge on any atom is -0.303 e. The zero-order valence-electron chi connectivity index (χ0n) is 19.6. The lowest BCUT2D eigenvalue weighted by atomic mass is 9.65. The van der Waals surface area contributed by atoms with E-state index in [2.05, 4.69) is 51.1 Å². The van der Waals surface area contributed by atoms with Crippen LogP contribution in [0.25, 0.3) is 0 Å². The van der Waals surface area contributed by atoms with Crippen LogP contribution >= 0.6 is 35.0 Å². The molecule has 3 heterocycles. The summed E-state index contributed by atoms with van der Waals surface area (Å²) < 4.78 is 0. The first-order valence-electron chi connectivity index (χ1n) is 11.6. The monoisotopic (exact) mass is 522 g/mol. The summed E-state index contributed by atoms with van der Waals surface area (Å²) in [5.74, 6) is 0.00432. The van der Waals surface area contributed by atoms with E-state index < -0.39 is 10.4 Å². The van der Waals surface area contributed by atoms with Gasteiger partial charge in [0.25, 0.3) is 5.91 Å². The Hall–Kier alpha value is -2.47. The Morgan fingerprint density at radius 3 is 2.26 bits per heavy atom. The smallest absolute Gasteiger partial charge is 0.269 e. The molecule has 178 valence electrons. The van der Waals surface area contributed by atoms with Crippen molar-refractivity contribution in [2.24, 2.45) is 0 Å². The Kier molecular flexibility index (Phi) is 4.93. The summed E-state index contributed by atoms with van der Waals surface area (Å²) in [5.41, 5.74) is 3.92. The highest BCUT2D eigenvalue weighted by atomic mass is 35.5. The summed E-state index contributed by atoms with van der Waals surface area (Å²) >= 11 is 13.9. The first-order valence-corrected chi connectivity index (χ1v) is 13.3. The molecule has 1 spiro atoms. The Morgan fingerprint density at radius 2 is 1.54 bits per heavy atom. The van der Waals surface area contributed by atoms with Gasteiger partial charge in [0.1, 0.15) is 0 Å². The zero-order chi connectivity index (χ0) is 24.8. The van der Waals surface area contributed by atoms with E-state index in [0.717, 1.165) is 23.2 Å². The molecule has 3 aliphatic rings.